The fourth-order valence-electron chi connectivity index (χ4n) is 2.01. The highest BCUT2D eigenvalue weighted by Gasteiger charge is 2.13. The van der Waals surface area contributed by atoms with E-state index in [-0.39, 0.29) is 0 Å². The molecule has 1 atom stereocenters. The summed E-state index contributed by atoms with van der Waals surface area (Å²) < 4.78 is 1.79. The summed E-state index contributed by atoms with van der Waals surface area (Å²) >= 11 is 0. The largest absolute Gasteiger partial charge is 0.387 e. The number of aliphatic hydroxyl groups is 1. The van der Waals surface area contributed by atoms with E-state index in [0.717, 1.165) is 25.1 Å². The van der Waals surface area contributed by atoms with Crippen molar-refractivity contribution in [3.05, 3.63) is 47.8 Å². The van der Waals surface area contributed by atoms with Gasteiger partial charge in [0.1, 0.15) is 0 Å². The summed E-state index contributed by atoms with van der Waals surface area (Å²) in [6, 6.07) is 10.2. The number of hydrogen-bond donors (Lipinski definition) is 1. The first-order valence-corrected chi connectivity index (χ1v) is 6.41. The summed E-state index contributed by atoms with van der Waals surface area (Å²) in [6.45, 7) is 2.89. The zero-order chi connectivity index (χ0) is 12.8. The highest BCUT2D eigenvalue weighted by Crippen LogP contribution is 2.18. The maximum Gasteiger partial charge on any atom is 0.0976 e. The molecule has 0 fully saturated rings. The van der Waals surface area contributed by atoms with Gasteiger partial charge in [0, 0.05) is 6.54 Å². The minimum Gasteiger partial charge on any atom is -0.387 e. The van der Waals surface area contributed by atoms with Gasteiger partial charge in [0.15, 0.2) is 0 Å². The van der Waals surface area contributed by atoms with Crippen molar-refractivity contribution in [2.75, 3.05) is 0 Å². The molecule has 0 saturated carbocycles. The van der Waals surface area contributed by atoms with Gasteiger partial charge < -0.3 is 5.11 Å². The van der Waals surface area contributed by atoms with Crippen LogP contribution in [0.5, 0.6) is 0 Å². The molecule has 96 valence electrons. The predicted octanol–water partition coefficient (Wildman–Crippen LogP) is 2.35. The topological polar surface area (TPSA) is 50.9 Å². The van der Waals surface area contributed by atoms with Gasteiger partial charge in [-0.05, 0) is 24.8 Å². The van der Waals surface area contributed by atoms with Crippen LogP contribution in [-0.4, -0.2) is 20.1 Å². The Kier molecular flexibility index (Phi) is 4.47. The molecule has 0 aliphatic carbocycles. The van der Waals surface area contributed by atoms with Crippen LogP contribution in [0.25, 0.3) is 0 Å². The van der Waals surface area contributed by atoms with Crippen LogP contribution in [0.4, 0.5) is 0 Å². The minimum absolute atomic E-state index is 0.494. The lowest BCUT2D eigenvalue weighted by atomic mass is 10.1. The number of aromatic nitrogens is 3. The fourth-order valence-corrected chi connectivity index (χ4v) is 2.01. The molecular weight excluding hydrogens is 226 g/mol. The number of aryl methyl sites for hydroxylation is 2. The van der Waals surface area contributed by atoms with Gasteiger partial charge in [0.2, 0.25) is 0 Å². The molecule has 4 nitrogen and oxygen atoms in total. The molecule has 1 N–H and O–H groups in total. The summed E-state index contributed by atoms with van der Waals surface area (Å²) in [5.74, 6) is 0. The second-order valence-corrected chi connectivity index (χ2v) is 4.42. The Morgan fingerprint density at radius 2 is 2.06 bits per heavy atom. The van der Waals surface area contributed by atoms with Crippen LogP contribution < -0.4 is 0 Å². The lowest BCUT2D eigenvalue weighted by Gasteiger charge is -2.11. The quantitative estimate of drug-likeness (QED) is 0.850. The Morgan fingerprint density at radius 3 is 2.78 bits per heavy atom. The first-order chi connectivity index (χ1) is 8.81. The molecule has 0 bridgehead atoms. The summed E-state index contributed by atoms with van der Waals surface area (Å²) in [4.78, 5) is 0. The van der Waals surface area contributed by atoms with Crippen LogP contribution in [0.2, 0.25) is 0 Å². The van der Waals surface area contributed by atoms with E-state index in [1.54, 1.807) is 10.9 Å². The Bertz CT molecular complexity index is 467. The first kappa shape index (κ1) is 12.8. The Labute approximate surface area is 107 Å². The summed E-state index contributed by atoms with van der Waals surface area (Å²) in [5, 5.41) is 18.0. The highest BCUT2D eigenvalue weighted by atomic mass is 16.3. The van der Waals surface area contributed by atoms with Crippen molar-refractivity contribution in [2.24, 2.45) is 0 Å². The molecule has 2 rings (SSSR count). The monoisotopic (exact) mass is 245 g/mol. The Morgan fingerprint density at radius 1 is 1.28 bits per heavy atom. The van der Waals surface area contributed by atoms with Crippen molar-refractivity contribution in [3.63, 3.8) is 0 Å². The van der Waals surface area contributed by atoms with Crippen molar-refractivity contribution in [1.82, 2.24) is 15.0 Å². The standard InChI is InChI=1S/C14H19N3O/c1-2-10-17-13(11-15-16-17)14(18)9-8-12-6-4-3-5-7-12/h3-7,11,14,18H,2,8-10H2,1H3. The fraction of sp³-hybridized carbons (Fsp3) is 0.429. The third-order valence-corrected chi connectivity index (χ3v) is 2.97. The molecule has 0 aliphatic heterocycles. The number of aliphatic hydroxyl groups excluding tert-OH is 1. The highest BCUT2D eigenvalue weighted by molar-refractivity contribution is 5.15. The van der Waals surface area contributed by atoms with Crippen molar-refractivity contribution >= 4 is 0 Å². The molecule has 1 unspecified atom stereocenters. The average molecular weight is 245 g/mol. The minimum atomic E-state index is -0.494. The van der Waals surface area contributed by atoms with Crippen molar-refractivity contribution < 1.29 is 5.11 Å². The van der Waals surface area contributed by atoms with Crippen molar-refractivity contribution in [3.8, 4) is 0 Å². The second kappa shape index (κ2) is 6.31. The van der Waals surface area contributed by atoms with E-state index in [1.165, 1.54) is 5.56 Å². The molecule has 1 heterocycles. The average Bonchev–Trinajstić information content (AvgIpc) is 2.86. The van der Waals surface area contributed by atoms with Crippen LogP contribution >= 0.6 is 0 Å². The van der Waals surface area contributed by atoms with E-state index in [0.29, 0.717) is 6.42 Å². The zero-order valence-electron chi connectivity index (χ0n) is 10.7. The van der Waals surface area contributed by atoms with E-state index in [4.69, 9.17) is 0 Å². The Hall–Kier alpha value is -1.68. The third-order valence-electron chi connectivity index (χ3n) is 2.97. The smallest absolute Gasteiger partial charge is 0.0976 e. The lowest BCUT2D eigenvalue weighted by Crippen LogP contribution is -2.09. The van der Waals surface area contributed by atoms with Crippen LogP contribution in [0.15, 0.2) is 36.5 Å². The van der Waals surface area contributed by atoms with E-state index >= 15 is 0 Å². The van der Waals surface area contributed by atoms with Crippen LogP contribution in [0, 0.1) is 0 Å². The maximum absolute atomic E-state index is 10.2. The number of nitrogens with zero attached hydrogens (tertiary/aromatic N) is 3. The molecule has 0 spiro atoms. The summed E-state index contributed by atoms with van der Waals surface area (Å²) in [7, 11) is 0. The Balaban J connectivity index is 1.95. The molecule has 4 heteroatoms. The molecule has 0 aliphatic rings. The third kappa shape index (κ3) is 3.17. The maximum atomic E-state index is 10.2. The normalized spacial score (nSPS) is 12.6. The predicted molar refractivity (Wildman–Crippen MR) is 70.0 cm³/mol. The van der Waals surface area contributed by atoms with E-state index in [9.17, 15) is 5.11 Å². The van der Waals surface area contributed by atoms with Crippen LogP contribution in [0.3, 0.4) is 0 Å². The van der Waals surface area contributed by atoms with Gasteiger partial charge in [-0.2, -0.15) is 0 Å². The molecule has 18 heavy (non-hydrogen) atoms. The zero-order valence-corrected chi connectivity index (χ0v) is 10.7. The van der Waals surface area contributed by atoms with E-state index in [2.05, 4.69) is 29.4 Å². The van der Waals surface area contributed by atoms with E-state index < -0.39 is 6.10 Å². The molecule has 1 aromatic carbocycles. The molecule has 0 radical (unpaired) electrons. The number of benzene rings is 1. The number of hydrogen-bond acceptors (Lipinski definition) is 3. The summed E-state index contributed by atoms with van der Waals surface area (Å²) in [5.41, 5.74) is 2.05. The molecule has 1 aromatic heterocycles. The van der Waals surface area contributed by atoms with E-state index in [1.807, 2.05) is 18.2 Å². The molecule has 0 saturated heterocycles. The van der Waals surface area contributed by atoms with Gasteiger partial charge in [0.05, 0.1) is 18.0 Å². The first-order valence-electron chi connectivity index (χ1n) is 6.41. The SMILES string of the molecule is CCCn1nncc1C(O)CCc1ccccc1. The van der Waals surface area contributed by atoms with Crippen molar-refractivity contribution in [2.45, 2.75) is 38.8 Å². The van der Waals surface area contributed by atoms with Crippen molar-refractivity contribution in [1.29, 1.82) is 0 Å². The van der Waals surface area contributed by atoms with Crippen LogP contribution in [0.1, 0.15) is 37.1 Å². The molecular formula is C14H19N3O. The number of rotatable bonds is 6. The van der Waals surface area contributed by atoms with Crippen LogP contribution in [-0.2, 0) is 13.0 Å². The lowest BCUT2D eigenvalue weighted by molar-refractivity contribution is 0.156. The summed E-state index contributed by atoms with van der Waals surface area (Å²) in [6.07, 6.45) is 3.71. The van der Waals surface area contributed by atoms with Gasteiger partial charge in [-0.15, -0.1) is 5.10 Å². The van der Waals surface area contributed by atoms with Gasteiger partial charge in [-0.3, -0.25) is 0 Å². The van der Waals surface area contributed by atoms with Gasteiger partial charge in [0.25, 0.3) is 0 Å². The van der Waals surface area contributed by atoms with Gasteiger partial charge in [-0.25, -0.2) is 4.68 Å². The molecule has 0 amide bonds. The second-order valence-electron chi connectivity index (χ2n) is 4.42. The van der Waals surface area contributed by atoms with Gasteiger partial charge >= 0.3 is 0 Å². The van der Waals surface area contributed by atoms with Gasteiger partial charge in [-0.1, -0.05) is 42.5 Å². The molecule has 2 aromatic rings.